The number of aromatic nitrogens is 1. The molecule has 104 valence electrons. The molecule has 1 heterocycles. The van der Waals surface area contributed by atoms with E-state index >= 15 is 0 Å². The van der Waals surface area contributed by atoms with Crippen LogP contribution in [0.1, 0.15) is 4.88 Å². The van der Waals surface area contributed by atoms with Gasteiger partial charge in [0.05, 0.1) is 21.8 Å². The lowest BCUT2D eigenvalue weighted by Crippen LogP contribution is -2.24. The Kier molecular flexibility index (Phi) is 4.78. The number of carbonyl (C=O) groups is 1. The molecular formula is C11H9Cl2N5OS. The quantitative estimate of drug-likeness (QED) is 0.594. The molecule has 6 nitrogen and oxygen atoms in total. The fourth-order valence-corrected chi connectivity index (χ4v) is 2.50. The molecule has 2 rings (SSSR count). The van der Waals surface area contributed by atoms with E-state index in [-0.39, 0.29) is 5.15 Å². The van der Waals surface area contributed by atoms with Crippen molar-refractivity contribution in [2.24, 2.45) is 10.8 Å². The smallest absolute Gasteiger partial charge is 0.332 e. The van der Waals surface area contributed by atoms with E-state index in [4.69, 9.17) is 28.9 Å². The van der Waals surface area contributed by atoms with E-state index in [9.17, 15) is 4.79 Å². The number of anilines is 2. The zero-order valence-electron chi connectivity index (χ0n) is 9.93. The Morgan fingerprint density at radius 1 is 1.40 bits per heavy atom. The molecule has 0 aliphatic rings. The molecule has 0 aliphatic heterocycles. The maximum Gasteiger partial charge on any atom is 0.332 e. The van der Waals surface area contributed by atoms with E-state index in [0.717, 1.165) is 5.69 Å². The molecule has 0 fully saturated rings. The van der Waals surface area contributed by atoms with Gasteiger partial charge in [0.2, 0.25) is 0 Å². The molecule has 9 heteroatoms. The summed E-state index contributed by atoms with van der Waals surface area (Å²) in [5, 5.41) is 8.07. The first-order chi connectivity index (χ1) is 9.56. The van der Waals surface area contributed by atoms with Crippen LogP contribution in [0, 0.1) is 0 Å². The number of nitrogens with one attached hydrogen (secondary N) is 2. The van der Waals surface area contributed by atoms with Gasteiger partial charge in [0.25, 0.3) is 0 Å². The number of rotatable bonds is 4. The average Bonchev–Trinajstić information content (AvgIpc) is 2.72. The number of hydrogen-bond acceptors (Lipinski definition) is 5. The first-order valence-electron chi connectivity index (χ1n) is 5.32. The third-order valence-corrected chi connectivity index (χ3v) is 3.72. The van der Waals surface area contributed by atoms with Crippen molar-refractivity contribution in [2.45, 2.75) is 0 Å². The molecule has 0 atom stereocenters. The van der Waals surface area contributed by atoms with Crippen LogP contribution in [0.2, 0.25) is 10.2 Å². The highest BCUT2D eigenvalue weighted by atomic mass is 35.5. The summed E-state index contributed by atoms with van der Waals surface area (Å²) in [5.74, 6) is 0. The second-order valence-corrected chi connectivity index (χ2v) is 5.31. The van der Waals surface area contributed by atoms with Crippen molar-refractivity contribution in [1.29, 1.82) is 0 Å². The third kappa shape index (κ3) is 3.83. The van der Waals surface area contributed by atoms with Crippen molar-refractivity contribution < 1.29 is 4.79 Å². The standard InChI is InChI=1S/C11H9Cl2N5OS/c12-6-3-1-2-4-7(6)16-11-17-9(13)8(20-11)5-15-18-10(14)19/h1-5H,(H,16,17)(H3,14,18,19)/b15-5+. The molecule has 2 aromatic rings. The molecule has 0 bridgehead atoms. The molecule has 0 aliphatic carbocycles. The fourth-order valence-electron chi connectivity index (χ4n) is 1.28. The van der Waals surface area contributed by atoms with Crippen molar-refractivity contribution in [3.05, 3.63) is 39.3 Å². The Labute approximate surface area is 128 Å². The SMILES string of the molecule is NC(=O)N/N=C/c1sc(Nc2ccccc2Cl)nc1Cl. The second kappa shape index (κ2) is 6.56. The lowest BCUT2D eigenvalue weighted by molar-refractivity contribution is 0.249. The molecule has 1 aromatic heterocycles. The van der Waals surface area contributed by atoms with Gasteiger partial charge in [-0.1, -0.05) is 46.7 Å². The minimum atomic E-state index is -0.753. The van der Waals surface area contributed by atoms with Crippen molar-refractivity contribution in [2.75, 3.05) is 5.32 Å². The van der Waals surface area contributed by atoms with Gasteiger partial charge in [-0.05, 0) is 12.1 Å². The number of urea groups is 1. The van der Waals surface area contributed by atoms with Crippen LogP contribution in [0.25, 0.3) is 0 Å². The van der Waals surface area contributed by atoms with Crippen LogP contribution < -0.4 is 16.5 Å². The van der Waals surface area contributed by atoms with Crippen LogP contribution in [0.15, 0.2) is 29.4 Å². The molecule has 1 aromatic carbocycles. The van der Waals surface area contributed by atoms with Gasteiger partial charge in [0, 0.05) is 0 Å². The van der Waals surface area contributed by atoms with Gasteiger partial charge < -0.3 is 11.1 Å². The Balaban J connectivity index is 2.13. The molecular weight excluding hydrogens is 321 g/mol. The predicted molar refractivity (Wildman–Crippen MR) is 82.2 cm³/mol. The fraction of sp³-hybridized carbons (Fsp3) is 0. The number of carbonyl (C=O) groups excluding carboxylic acids is 1. The summed E-state index contributed by atoms with van der Waals surface area (Å²) in [7, 11) is 0. The van der Waals surface area contributed by atoms with Crippen molar-refractivity contribution in [3.63, 3.8) is 0 Å². The van der Waals surface area contributed by atoms with Gasteiger partial charge in [-0.3, -0.25) is 0 Å². The molecule has 0 saturated heterocycles. The minimum Gasteiger partial charge on any atom is -0.350 e. The third-order valence-electron chi connectivity index (χ3n) is 2.08. The zero-order chi connectivity index (χ0) is 14.5. The number of primary amides is 1. The molecule has 0 radical (unpaired) electrons. The number of nitrogens with two attached hydrogens (primary N) is 1. The average molecular weight is 330 g/mol. The maximum absolute atomic E-state index is 10.5. The predicted octanol–water partition coefficient (Wildman–Crippen LogP) is 3.20. The highest BCUT2D eigenvalue weighted by molar-refractivity contribution is 7.17. The number of halogens is 2. The summed E-state index contributed by atoms with van der Waals surface area (Å²) in [6.45, 7) is 0. The Hall–Kier alpha value is -1.83. The lowest BCUT2D eigenvalue weighted by atomic mass is 10.3. The van der Waals surface area contributed by atoms with Crippen LogP contribution in [0.3, 0.4) is 0 Å². The van der Waals surface area contributed by atoms with Crippen LogP contribution in [0.5, 0.6) is 0 Å². The number of hydrogen-bond donors (Lipinski definition) is 3. The molecule has 4 N–H and O–H groups in total. The molecule has 20 heavy (non-hydrogen) atoms. The minimum absolute atomic E-state index is 0.263. The molecule has 0 spiro atoms. The normalized spacial score (nSPS) is 10.7. The molecule has 0 saturated carbocycles. The number of para-hydroxylation sites is 1. The molecule has 2 amide bonds. The van der Waals surface area contributed by atoms with Crippen molar-refractivity contribution in [1.82, 2.24) is 10.4 Å². The highest BCUT2D eigenvalue weighted by Crippen LogP contribution is 2.30. The van der Waals surface area contributed by atoms with Gasteiger partial charge in [-0.25, -0.2) is 15.2 Å². The maximum atomic E-state index is 10.5. The van der Waals surface area contributed by atoms with Gasteiger partial charge >= 0.3 is 6.03 Å². The summed E-state index contributed by atoms with van der Waals surface area (Å²) < 4.78 is 0. The van der Waals surface area contributed by atoms with E-state index in [1.807, 2.05) is 18.2 Å². The van der Waals surface area contributed by atoms with Crippen LogP contribution in [-0.4, -0.2) is 17.2 Å². The summed E-state index contributed by atoms with van der Waals surface area (Å²) in [5.41, 5.74) is 7.68. The van der Waals surface area contributed by atoms with E-state index in [0.29, 0.717) is 15.0 Å². The topological polar surface area (TPSA) is 92.4 Å². The summed E-state index contributed by atoms with van der Waals surface area (Å²) in [6.07, 6.45) is 1.36. The zero-order valence-corrected chi connectivity index (χ0v) is 12.3. The largest absolute Gasteiger partial charge is 0.350 e. The monoisotopic (exact) mass is 329 g/mol. The van der Waals surface area contributed by atoms with Crippen LogP contribution in [0.4, 0.5) is 15.6 Å². The summed E-state index contributed by atoms with van der Waals surface area (Å²) in [6, 6.07) is 6.51. The Bertz CT molecular complexity index is 658. The van der Waals surface area contributed by atoms with E-state index in [2.05, 4.69) is 20.8 Å². The molecule has 0 unspecified atom stereocenters. The number of hydrazone groups is 1. The number of amides is 2. The second-order valence-electron chi connectivity index (χ2n) is 3.51. The van der Waals surface area contributed by atoms with Gasteiger partial charge in [-0.2, -0.15) is 5.10 Å². The first-order valence-corrected chi connectivity index (χ1v) is 6.90. The highest BCUT2D eigenvalue weighted by Gasteiger charge is 2.09. The lowest BCUT2D eigenvalue weighted by Gasteiger charge is -2.03. The van der Waals surface area contributed by atoms with Crippen LogP contribution in [-0.2, 0) is 0 Å². The van der Waals surface area contributed by atoms with E-state index in [1.165, 1.54) is 17.6 Å². The van der Waals surface area contributed by atoms with E-state index < -0.39 is 6.03 Å². The van der Waals surface area contributed by atoms with Crippen molar-refractivity contribution in [3.8, 4) is 0 Å². The van der Waals surface area contributed by atoms with Gasteiger partial charge in [0.1, 0.15) is 0 Å². The Morgan fingerprint density at radius 3 is 2.85 bits per heavy atom. The number of benzene rings is 1. The number of nitrogens with zero attached hydrogens (tertiary/aromatic N) is 2. The van der Waals surface area contributed by atoms with Crippen molar-refractivity contribution >= 4 is 57.6 Å². The summed E-state index contributed by atoms with van der Waals surface area (Å²) >= 11 is 13.3. The van der Waals surface area contributed by atoms with Crippen LogP contribution >= 0.6 is 34.5 Å². The van der Waals surface area contributed by atoms with E-state index in [1.54, 1.807) is 6.07 Å². The van der Waals surface area contributed by atoms with Gasteiger partial charge in [-0.15, -0.1) is 0 Å². The first kappa shape index (κ1) is 14.6. The Morgan fingerprint density at radius 2 is 2.15 bits per heavy atom. The number of thiazole rings is 1. The van der Waals surface area contributed by atoms with Gasteiger partial charge in [0.15, 0.2) is 10.3 Å². The summed E-state index contributed by atoms with van der Waals surface area (Å²) in [4.78, 5) is 15.2.